The molecule has 1 amide bonds. The van der Waals surface area contributed by atoms with E-state index in [0.717, 1.165) is 29.4 Å². The average Bonchev–Trinajstić information content (AvgIpc) is 3.31. The molecule has 3 heterocycles. The highest BCUT2D eigenvalue weighted by Gasteiger charge is 2.25. The van der Waals surface area contributed by atoms with Crippen LogP contribution in [0.25, 0.3) is 28.2 Å². The van der Waals surface area contributed by atoms with Crippen LogP contribution in [0.5, 0.6) is 0 Å². The minimum absolute atomic E-state index is 0.0722. The Balaban J connectivity index is 1.27. The fourth-order valence-electron chi connectivity index (χ4n) is 3.99. The lowest BCUT2D eigenvalue weighted by Gasteiger charge is -2.31. The molecule has 146 valence electrons. The van der Waals surface area contributed by atoms with Gasteiger partial charge in [-0.25, -0.2) is 9.78 Å². The number of likely N-dealkylation sites (tertiary alicyclic amines) is 1. The summed E-state index contributed by atoms with van der Waals surface area (Å²) in [5, 5.41) is 0. The number of H-pyrrole nitrogens is 1. The van der Waals surface area contributed by atoms with Gasteiger partial charge in [-0.1, -0.05) is 24.3 Å². The molecule has 4 aromatic rings. The molecule has 1 N–H and O–H groups in total. The number of benzene rings is 2. The Labute approximate surface area is 166 Å². The van der Waals surface area contributed by atoms with E-state index in [2.05, 4.69) is 9.97 Å². The molecule has 1 aliphatic rings. The van der Waals surface area contributed by atoms with Gasteiger partial charge in [0.1, 0.15) is 5.52 Å². The smallest absolute Gasteiger partial charge is 0.326 e. The van der Waals surface area contributed by atoms with Crippen molar-refractivity contribution in [2.24, 2.45) is 0 Å². The summed E-state index contributed by atoms with van der Waals surface area (Å²) in [4.78, 5) is 34.0. The summed E-state index contributed by atoms with van der Waals surface area (Å²) >= 11 is 0. The van der Waals surface area contributed by atoms with Crippen LogP contribution < -0.4 is 5.69 Å². The van der Waals surface area contributed by atoms with Crippen LogP contribution in [-0.2, 0) is 4.79 Å². The number of nitrogens with one attached hydrogen (secondary N) is 1. The number of para-hydroxylation sites is 4. The van der Waals surface area contributed by atoms with Gasteiger partial charge in [-0.2, -0.15) is 0 Å². The number of amides is 1. The van der Waals surface area contributed by atoms with Crippen molar-refractivity contribution in [1.29, 1.82) is 0 Å². The number of nitrogens with zero attached hydrogens (tertiary/aromatic N) is 3. The number of hydrogen-bond donors (Lipinski definition) is 1. The first-order valence-corrected chi connectivity index (χ1v) is 9.71. The molecule has 0 saturated carbocycles. The number of fused-ring (bicyclic) bond motifs is 2. The lowest BCUT2D eigenvalue weighted by Crippen LogP contribution is -2.39. The summed E-state index contributed by atoms with van der Waals surface area (Å²) in [6, 6.07) is 15.3. The van der Waals surface area contributed by atoms with Crippen molar-refractivity contribution in [2.75, 3.05) is 13.1 Å². The maximum Gasteiger partial charge on any atom is 0.326 e. The van der Waals surface area contributed by atoms with Crippen LogP contribution in [0, 0.1) is 0 Å². The number of oxazole rings is 1. The third kappa shape index (κ3) is 3.24. The Morgan fingerprint density at radius 3 is 2.69 bits per heavy atom. The number of hydrogen-bond acceptors (Lipinski definition) is 4. The van der Waals surface area contributed by atoms with Gasteiger partial charge in [-0.3, -0.25) is 9.36 Å². The van der Waals surface area contributed by atoms with Crippen molar-refractivity contribution in [3.63, 3.8) is 0 Å². The van der Waals surface area contributed by atoms with Crippen LogP contribution >= 0.6 is 0 Å². The van der Waals surface area contributed by atoms with E-state index < -0.39 is 0 Å². The van der Waals surface area contributed by atoms with Crippen LogP contribution in [0.2, 0.25) is 0 Å². The second-order valence-electron chi connectivity index (χ2n) is 7.23. The SMILES string of the molecule is O=C(/C=C/c1nc2ccccc2o1)N1CCC(n2c(=O)[nH]c3ccccc32)CC1. The molecule has 2 aromatic carbocycles. The van der Waals surface area contributed by atoms with Gasteiger partial charge >= 0.3 is 5.69 Å². The Morgan fingerprint density at radius 2 is 1.86 bits per heavy atom. The van der Waals surface area contributed by atoms with Gasteiger partial charge in [0.05, 0.1) is 11.0 Å². The summed E-state index contributed by atoms with van der Waals surface area (Å²) in [7, 11) is 0. The molecule has 7 nitrogen and oxygen atoms in total. The van der Waals surface area contributed by atoms with Crippen LogP contribution in [-0.4, -0.2) is 38.4 Å². The molecular formula is C22H20N4O3. The van der Waals surface area contributed by atoms with E-state index in [9.17, 15) is 9.59 Å². The molecule has 5 rings (SSSR count). The topological polar surface area (TPSA) is 84.1 Å². The number of aromatic amines is 1. The first kappa shape index (κ1) is 17.5. The van der Waals surface area contributed by atoms with Crippen molar-refractivity contribution < 1.29 is 9.21 Å². The molecule has 1 saturated heterocycles. The molecule has 29 heavy (non-hydrogen) atoms. The van der Waals surface area contributed by atoms with Crippen LogP contribution in [0.1, 0.15) is 24.8 Å². The van der Waals surface area contributed by atoms with Gasteiger partial charge in [-0.15, -0.1) is 0 Å². The van der Waals surface area contributed by atoms with Gasteiger partial charge in [0.25, 0.3) is 0 Å². The molecule has 0 spiro atoms. The fourth-order valence-corrected chi connectivity index (χ4v) is 3.99. The van der Waals surface area contributed by atoms with Gasteiger partial charge < -0.3 is 14.3 Å². The fraction of sp³-hybridized carbons (Fsp3) is 0.227. The Kier molecular flexibility index (Phi) is 4.27. The molecule has 0 radical (unpaired) electrons. The number of carbonyl (C=O) groups excluding carboxylic acids is 1. The normalized spacial score (nSPS) is 15.7. The van der Waals surface area contributed by atoms with Crippen molar-refractivity contribution in [3.05, 3.63) is 71.0 Å². The zero-order valence-corrected chi connectivity index (χ0v) is 15.7. The van der Waals surface area contributed by atoms with E-state index in [1.807, 2.05) is 53.1 Å². The predicted molar refractivity (Wildman–Crippen MR) is 110 cm³/mol. The zero-order chi connectivity index (χ0) is 19.8. The number of aromatic nitrogens is 3. The molecule has 0 atom stereocenters. The summed E-state index contributed by atoms with van der Waals surface area (Å²) in [5.74, 6) is 0.344. The van der Waals surface area contributed by atoms with Crippen LogP contribution in [0.3, 0.4) is 0 Å². The molecule has 1 aliphatic heterocycles. The van der Waals surface area contributed by atoms with Crippen molar-refractivity contribution in [3.8, 4) is 0 Å². The van der Waals surface area contributed by atoms with Crippen molar-refractivity contribution in [1.82, 2.24) is 19.4 Å². The number of carbonyl (C=O) groups is 1. The van der Waals surface area contributed by atoms with E-state index in [4.69, 9.17) is 4.42 Å². The predicted octanol–water partition coefficient (Wildman–Crippen LogP) is 3.35. The average molecular weight is 388 g/mol. The van der Waals surface area contributed by atoms with Gasteiger partial charge in [0.15, 0.2) is 5.58 Å². The highest BCUT2D eigenvalue weighted by Crippen LogP contribution is 2.25. The van der Waals surface area contributed by atoms with Crippen LogP contribution in [0.4, 0.5) is 0 Å². The molecule has 0 aliphatic carbocycles. The molecule has 0 bridgehead atoms. The number of rotatable bonds is 3. The molecule has 1 fully saturated rings. The van der Waals surface area contributed by atoms with E-state index >= 15 is 0 Å². The van der Waals surface area contributed by atoms with Crippen LogP contribution in [0.15, 0.2) is 63.8 Å². The van der Waals surface area contributed by atoms with Gasteiger partial charge in [-0.05, 0) is 37.1 Å². The molecule has 0 unspecified atom stereocenters. The molecular weight excluding hydrogens is 368 g/mol. The van der Waals surface area contributed by atoms with Crippen molar-refractivity contribution in [2.45, 2.75) is 18.9 Å². The van der Waals surface area contributed by atoms with Crippen molar-refractivity contribution >= 4 is 34.1 Å². The second kappa shape index (κ2) is 7.09. The summed E-state index contributed by atoms with van der Waals surface area (Å²) < 4.78 is 7.44. The Morgan fingerprint density at radius 1 is 1.10 bits per heavy atom. The Bertz CT molecular complexity index is 1240. The maximum atomic E-state index is 12.6. The quantitative estimate of drug-likeness (QED) is 0.546. The highest BCUT2D eigenvalue weighted by molar-refractivity contribution is 5.91. The Hall–Kier alpha value is -3.61. The minimum Gasteiger partial charge on any atom is -0.437 e. The van der Waals surface area contributed by atoms with Gasteiger partial charge in [0, 0.05) is 31.3 Å². The summed E-state index contributed by atoms with van der Waals surface area (Å²) in [5.41, 5.74) is 3.14. The van der Waals surface area contributed by atoms with E-state index in [1.54, 1.807) is 11.0 Å². The standard InChI is InChI=1S/C22H20N4O3/c27-21(10-9-20-23-17-6-2-4-8-19(17)29-20)25-13-11-15(12-14-25)26-18-7-3-1-5-16(18)24-22(26)28/h1-10,15H,11-14H2,(H,24,28)/b10-9+. The summed E-state index contributed by atoms with van der Waals surface area (Å²) in [6.45, 7) is 1.21. The third-order valence-electron chi connectivity index (χ3n) is 5.44. The van der Waals surface area contributed by atoms with E-state index in [-0.39, 0.29) is 17.6 Å². The minimum atomic E-state index is -0.0909. The number of piperidine rings is 1. The lowest BCUT2D eigenvalue weighted by molar-refractivity contribution is -0.127. The van der Waals surface area contributed by atoms with E-state index in [0.29, 0.717) is 24.6 Å². The first-order chi connectivity index (χ1) is 14.2. The van der Waals surface area contributed by atoms with Gasteiger partial charge in [0.2, 0.25) is 11.8 Å². The maximum absolute atomic E-state index is 12.6. The van der Waals surface area contributed by atoms with E-state index in [1.165, 1.54) is 6.08 Å². The highest BCUT2D eigenvalue weighted by atomic mass is 16.3. The third-order valence-corrected chi connectivity index (χ3v) is 5.44. The largest absolute Gasteiger partial charge is 0.437 e. The molecule has 7 heteroatoms. The first-order valence-electron chi connectivity index (χ1n) is 9.71. The second-order valence-corrected chi connectivity index (χ2v) is 7.23. The number of imidazole rings is 1. The summed E-state index contributed by atoms with van der Waals surface area (Å²) in [6.07, 6.45) is 4.59. The monoisotopic (exact) mass is 388 g/mol. The molecule has 2 aromatic heterocycles. The zero-order valence-electron chi connectivity index (χ0n) is 15.7. The lowest BCUT2D eigenvalue weighted by atomic mass is 10.0.